The van der Waals surface area contributed by atoms with E-state index in [4.69, 9.17) is 17.3 Å². The van der Waals surface area contributed by atoms with Gasteiger partial charge in [-0.15, -0.1) is 0 Å². The molecule has 1 amide bonds. The molecule has 0 saturated carbocycles. The van der Waals surface area contributed by atoms with Crippen molar-refractivity contribution in [1.29, 1.82) is 0 Å². The Bertz CT molecular complexity index is 430. The van der Waals surface area contributed by atoms with Gasteiger partial charge in [0.1, 0.15) is 0 Å². The van der Waals surface area contributed by atoms with Crippen LogP contribution in [0.15, 0.2) is 18.2 Å². The molecule has 1 fully saturated rings. The SMILES string of the molecule is CC(=O)N1CCCN(c2c(N)cccc2Cl)CC1. The van der Waals surface area contributed by atoms with Crippen molar-refractivity contribution in [3.05, 3.63) is 23.2 Å². The smallest absolute Gasteiger partial charge is 0.219 e. The zero-order valence-corrected chi connectivity index (χ0v) is 11.3. The molecular formula is C13H18ClN3O. The van der Waals surface area contributed by atoms with Crippen LogP contribution in [0, 0.1) is 0 Å². The van der Waals surface area contributed by atoms with Crippen LogP contribution in [0.5, 0.6) is 0 Å². The van der Waals surface area contributed by atoms with Crippen LogP contribution >= 0.6 is 11.6 Å². The van der Waals surface area contributed by atoms with Gasteiger partial charge in [-0.1, -0.05) is 17.7 Å². The molecule has 1 heterocycles. The summed E-state index contributed by atoms with van der Waals surface area (Å²) in [5.41, 5.74) is 7.58. The second-order valence-electron chi connectivity index (χ2n) is 4.52. The first-order chi connectivity index (χ1) is 8.59. The highest BCUT2D eigenvalue weighted by molar-refractivity contribution is 6.34. The topological polar surface area (TPSA) is 49.6 Å². The van der Waals surface area contributed by atoms with Gasteiger partial charge in [-0.2, -0.15) is 0 Å². The first-order valence-electron chi connectivity index (χ1n) is 6.14. The Labute approximate surface area is 112 Å². The van der Waals surface area contributed by atoms with Crippen LogP contribution in [0.4, 0.5) is 11.4 Å². The monoisotopic (exact) mass is 267 g/mol. The van der Waals surface area contributed by atoms with E-state index in [0.29, 0.717) is 10.7 Å². The Morgan fingerprint density at radius 2 is 2.06 bits per heavy atom. The fourth-order valence-corrected chi connectivity index (χ4v) is 2.62. The molecule has 0 spiro atoms. The molecule has 1 aliphatic heterocycles. The van der Waals surface area contributed by atoms with Gasteiger partial charge >= 0.3 is 0 Å². The molecule has 18 heavy (non-hydrogen) atoms. The molecule has 0 radical (unpaired) electrons. The highest BCUT2D eigenvalue weighted by Crippen LogP contribution is 2.32. The molecule has 1 aliphatic rings. The van der Waals surface area contributed by atoms with Crippen molar-refractivity contribution in [1.82, 2.24) is 4.90 Å². The van der Waals surface area contributed by atoms with E-state index in [2.05, 4.69) is 4.90 Å². The Morgan fingerprint density at radius 1 is 1.28 bits per heavy atom. The Kier molecular flexibility index (Phi) is 3.97. The zero-order valence-electron chi connectivity index (χ0n) is 10.5. The van der Waals surface area contributed by atoms with Crippen LogP contribution < -0.4 is 10.6 Å². The molecular weight excluding hydrogens is 250 g/mol. The third-order valence-electron chi connectivity index (χ3n) is 3.28. The molecule has 1 aromatic rings. The molecule has 5 heteroatoms. The lowest BCUT2D eigenvalue weighted by Gasteiger charge is -2.25. The Balaban J connectivity index is 2.17. The standard InChI is InChI=1S/C13H18ClN3O/c1-10(18)16-6-3-7-17(9-8-16)13-11(14)4-2-5-12(13)15/h2,4-5H,3,6-9,15H2,1H3. The maximum Gasteiger partial charge on any atom is 0.219 e. The van der Waals surface area contributed by atoms with E-state index in [1.807, 2.05) is 23.1 Å². The average molecular weight is 268 g/mol. The molecule has 0 unspecified atom stereocenters. The van der Waals surface area contributed by atoms with Gasteiger partial charge in [-0.25, -0.2) is 0 Å². The normalized spacial score (nSPS) is 16.6. The molecule has 0 aromatic heterocycles. The van der Waals surface area contributed by atoms with Gasteiger partial charge in [0.15, 0.2) is 0 Å². The predicted molar refractivity (Wildman–Crippen MR) is 74.9 cm³/mol. The average Bonchev–Trinajstić information content (AvgIpc) is 2.54. The number of anilines is 2. The van der Waals surface area contributed by atoms with Crippen LogP contribution in [-0.4, -0.2) is 37.0 Å². The number of halogens is 1. The summed E-state index contributed by atoms with van der Waals surface area (Å²) >= 11 is 6.21. The number of benzene rings is 1. The highest BCUT2D eigenvalue weighted by atomic mass is 35.5. The third-order valence-corrected chi connectivity index (χ3v) is 3.58. The summed E-state index contributed by atoms with van der Waals surface area (Å²) in [5, 5.41) is 0.672. The third kappa shape index (κ3) is 2.70. The summed E-state index contributed by atoms with van der Waals surface area (Å²) in [7, 11) is 0. The fourth-order valence-electron chi connectivity index (χ4n) is 2.32. The predicted octanol–water partition coefficient (Wildman–Crippen LogP) is 1.98. The van der Waals surface area contributed by atoms with Crippen LogP contribution in [0.25, 0.3) is 0 Å². The summed E-state index contributed by atoms with van der Waals surface area (Å²) in [4.78, 5) is 15.4. The van der Waals surface area contributed by atoms with Crippen molar-refractivity contribution in [2.45, 2.75) is 13.3 Å². The number of hydrogen-bond donors (Lipinski definition) is 1. The first-order valence-corrected chi connectivity index (χ1v) is 6.52. The van der Waals surface area contributed by atoms with Gasteiger partial charge in [0.25, 0.3) is 0 Å². The molecule has 0 atom stereocenters. The van der Waals surface area contributed by atoms with Crippen LogP contribution in [0.3, 0.4) is 0 Å². The van der Waals surface area contributed by atoms with Gasteiger partial charge in [0, 0.05) is 33.1 Å². The van der Waals surface area contributed by atoms with E-state index in [1.54, 1.807) is 6.92 Å². The number of amides is 1. The number of nitrogens with two attached hydrogens (primary N) is 1. The van der Waals surface area contributed by atoms with Crippen molar-refractivity contribution in [3.63, 3.8) is 0 Å². The summed E-state index contributed by atoms with van der Waals surface area (Å²) in [5.74, 6) is 0.129. The van der Waals surface area contributed by atoms with E-state index in [1.165, 1.54) is 0 Å². The highest BCUT2D eigenvalue weighted by Gasteiger charge is 2.19. The Hall–Kier alpha value is -1.42. The molecule has 2 N–H and O–H groups in total. The maximum absolute atomic E-state index is 11.4. The lowest BCUT2D eigenvalue weighted by molar-refractivity contribution is -0.128. The molecule has 4 nitrogen and oxygen atoms in total. The van der Waals surface area contributed by atoms with Crippen LogP contribution in [0.1, 0.15) is 13.3 Å². The molecule has 2 rings (SSSR count). The lowest BCUT2D eigenvalue weighted by atomic mass is 10.2. The van der Waals surface area contributed by atoms with Gasteiger partial charge in [0.05, 0.1) is 16.4 Å². The minimum atomic E-state index is 0.129. The quantitative estimate of drug-likeness (QED) is 0.792. The number of carbonyl (C=O) groups is 1. The number of carbonyl (C=O) groups excluding carboxylic acids is 1. The van der Waals surface area contributed by atoms with E-state index in [9.17, 15) is 4.79 Å². The molecule has 1 saturated heterocycles. The number of nitrogens with zero attached hydrogens (tertiary/aromatic N) is 2. The van der Waals surface area contributed by atoms with Gasteiger partial charge in [0.2, 0.25) is 5.91 Å². The second kappa shape index (κ2) is 5.48. The molecule has 98 valence electrons. The summed E-state index contributed by atoms with van der Waals surface area (Å²) in [6.45, 7) is 4.78. The fraction of sp³-hybridized carbons (Fsp3) is 0.462. The number of para-hydroxylation sites is 1. The van der Waals surface area contributed by atoms with E-state index in [0.717, 1.165) is 38.3 Å². The molecule has 1 aromatic carbocycles. The largest absolute Gasteiger partial charge is 0.397 e. The van der Waals surface area contributed by atoms with Gasteiger partial charge in [-0.3, -0.25) is 4.79 Å². The van der Waals surface area contributed by atoms with Crippen molar-refractivity contribution in [2.24, 2.45) is 0 Å². The second-order valence-corrected chi connectivity index (χ2v) is 4.93. The van der Waals surface area contributed by atoms with Crippen molar-refractivity contribution >= 4 is 28.9 Å². The van der Waals surface area contributed by atoms with E-state index < -0.39 is 0 Å². The minimum Gasteiger partial charge on any atom is -0.397 e. The van der Waals surface area contributed by atoms with E-state index >= 15 is 0 Å². The molecule has 0 bridgehead atoms. The zero-order chi connectivity index (χ0) is 13.1. The van der Waals surface area contributed by atoms with Crippen LogP contribution in [-0.2, 0) is 4.79 Å². The summed E-state index contributed by atoms with van der Waals surface area (Å²) in [6.07, 6.45) is 0.935. The minimum absolute atomic E-state index is 0.129. The number of hydrogen-bond acceptors (Lipinski definition) is 3. The van der Waals surface area contributed by atoms with Gasteiger partial charge < -0.3 is 15.5 Å². The molecule has 0 aliphatic carbocycles. The summed E-state index contributed by atoms with van der Waals surface area (Å²) < 4.78 is 0. The number of rotatable bonds is 1. The number of nitrogen functional groups attached to an aromatic ring is 1. The lowest BCUT2D eigenvalue weighted by Crippen LogP contribution is -2.33. The Morgan fingerprint density at radius 3 is 2.72 bits per heavy atom. The summed E-state index contributed by atoms with van der Waals surface area (Å²) in [6, 6.07) is 5.55. The van der Waals surface area contributed by atoms with Crippen molar-refractivity contribution < 1.29 is 4.79 Å². The van der Waals surface area contributed by atoms with Crippen molar-refractivity contribution in [3.8, 4) is 0 Å². The van der Waals surface area contributed by atoms with E-state index in [-0.39, 0.29) is 5.91 Å². The van der Waals surface area contributed by atoms with Gasteiger partial charge in [-0.05, 0) is 18.6 Å². The van der Waals surface area contributed by atoms with Crippen molar-refractivity contribution in [2.75, 3.05) is 36.8 Å². The van der Waals surface area contributed by atoms with Crippen LogP contribution in [0.2, 0.25) is 5.02 Å². The first kappa shape index (κ1) is 13.0. The maximum atomic E-state index is 11.4.